The maximum absolute atomic E-state index is 11.5. The zero-order valence-corrected chi connectivity index (χ0v) is 10.9. The van der Waals surface area contributed by atoms with E-state index in [-0.39, 0.29) is 17.3 Å². The van der Waals surface area contributed by atoms with Crippen molar-refractivity contribution in [2.45, 2.75) is 26.3 Å². The lowest BCUT2D eigenvalue weighted by molar-refractivity contribution is -0.385. The van der Waals surface area contributed by atoms with Gasteiger partial charge in [-0.1, -0.05) is 6.92 Å². The van der Waals surface area contributed by atoms with Crippen LogP contribution in [0, 0.1) is 16.0 Å². The van der Waals surface area contributed by atoms with Gasteiger partial charge >= 0.3 is 0 Å². The third-order valence-corrected chi connectivity index (χ3v) is 3.74. The summed E-state index contributed by atoms with van der Waals surface area (Å²) < 4.78 is 0. The first kappa shape index (κ1) is 13.3. The minimum Gasteiger partial charge on any atom is -0.365 e. The molecular formula is C12H16N4O3. The van der Waals surface area contributed by atoms with Crippen molar-refractivity contribution in [3.8, 4) is 0 Å². The Kier molecular flexibility index (Phi) is 3.37. The Morgan fingerprint density at radius 1 is 1.58 bits per heavy atom. The normalized spacial score (nSPS) is 22.5. The minimum absolute atomic E-state index is 0.107. The van der Waals surface area contributed by atoms with Crippen molar-refractivity contribution in [2.24, 2.45) is 11.7 Å². The molecule has 19 heavy (non-hydrogen) atoms. The zero-order chi connectivity index (χ0) is 14.2. The lowest BCUT2D eigenvalue weighted by Gasteiger charge is -2.25. The van der Waals surface area contributed by atoms with Gasteiger partial charge in [0.1, 0.15) is 12.0 Å². The minimum atomic E-state index is -0.696. The van der Waals surface area contributed by atoms with Crippen molar-refractivity contribution >= 4 is 17.4 Å². The maximum atomic E-state index is 11.5. The Labute approximate surface area is 110 Å². The number of nitrogens with zero attached hydrogens (tertiary/aromatic N) is 3. The predicted molar refractivity (Wildman–Crippen MR) is 70.0 cm³/mol. The van der Waals surface area contributed by atoms with E-state index in [0.29, 0.717) is 11.7 Å². The van der Waals surface area contributed by atoms with Crippen molar-refractivity contribution in [1.29, 1.82) is 0 Å². The van der Waals surface area contributed by atoms with E-state index in [1.54, 1.807) is 0 Å². The molecule has 2 rings (SSSR count). The first-order chi connectivity index (χ1) is 8.91. The maximum Gasteiger partial charge on any atom is 0.288 e. The molecule has 1 amide bonds. The fourth-order valence-corrected chi connectivity index (χ4v) is 2.35. The van der Waals surface area contributed by atoms with Gasteiger partial charge < -0.3 is 10.6 Å². The second kappa shape index (κ2) is 4.83. The number of amides is 1. The smallest absolute Gasteiger partial charge is 0.288 e. The van der Waals surface area contributed by atoms with E-state index in [1.165, 1.54) is 6.07 Å². The quantitative estimate of drug-likeness (QED) is 0.655. The molecular weight excluding hydrogens is 248 g/mol. The fourth-order valence-electron chi connectivity index (χ4n) is 2.35. The summed E-state index contributed by atoms with van der Waals surface area (Å²) >= 11 is 0. The number of aromatic nitrogens is 1. The van der Waals surface area contributed by atoms with Gasteiger partial charge in [-0.15, -0.1) is 0 Å². The first-order valence-electron chi connectivity index (χ1n) is 6.12. The number of primary amides is 1. The molecule has 1 fully saturated rings. The largest absolute Gasteiger partial charge is 0.365 e. The summed E-state index contributed by atoms with van der Waals surface area (Å²) in [5, 5.41) is 10.7. The molecule has 2 N–H and O–H groups in total. The molecule has 7 heteroatoms. The monoisotopic (exact) mass is 264 g/mol. The molecule has 0 saturated carbocycles. The predicted octanol–water partition coefficient (Wildman–Crippen LogP) is 1.32. The van der Waals surface area contributed by atoms with Crippen LogP contribution >= 0.6 is 0 Å². The topological polar surface area (TPSA) is 102 Å². The van der Waals surface area contributed by atoms with Crippen molar-refractivity contribution in [3.05, 3.63) is 27.9 Å². The number of nitro groups is 1. The van der Waals surface area contributed by atoms with Crippen LogP contribution in [0.3, 0.4) is 0 Å². The highest BCUT2D eigenvalue weighted by Gasteiger charge is 2.31. The van der Waals surface area contributed by atoms with Crippen LogP contribution < -0.4 is 10.6 Å². The van der Waals surface area contributed by atoms with Crippen LogP contribution in [0.4, 0.5) is 11.5 Å². The molecule has 2 atom stereocenters. The molecule has 1 aromatic heterocycles. The van der Waals surface area contributed by atoms with Crippen LogP contribution in [-0.2, 0) is 0 Å². The van der Waals surface area contributed by atoms with Gasteiger partial charge in [0.05, 0.1) is 10.5 Å². The van der Waals surface area contributed by atoms with Gasteiger partial charge in [-0.2, -0.15) is 0 Å². The molecule has 0 bridgehead atoms. The molecule has 102 valence electrons. The second-order valence-corrected chi connectivity index (χ2v) is 4.89. The number of pyridine rings is 1. The number of anilines is 1. The molecule has 7 nitrogen and oxygen atoms in total. The Morgan fingerprint density at radius 3 is 2.74 bits per heavy atom. The molecule has 0 spiro atoms. The van der Waals surface area contributed by atoms with Crippen LogP contribution in [0.2, 0.25) is 0 Å². The van der Waals surface area contributed by atoms with E-state index in [0.717, 1.165) is 19.2 Å². The highest BCUT2D eigenvalue weighted by atomic mass is 16.6. The van der Waals surface area contributed by atoms with Crippen molar-refractivity contribution < 1.29 is 9.72 Å². The van der Waals surface area contributed by atoms with Crippen molar-refractivity contribution in [1.82, 2.24) is 4.98 Å². The molecule has 0 aromatic carbocycles. The van der Waals surface area contributed by atoms with Crippen LogP contribution in [0.15, 0.2) is 12.3 Å². The first-order valence-corrected chi connectivity index (χ1v) is 6.12. The zero-order valence-electron chi connectivity index (χ0n) is 10.9. The summed E-state index contributed by atoms with van der Waals surface area (Å²) in [6, 6.07) is 1.42. The molecule has 1 saturated heterocycles. The highest BCUT2D eigenvalue weighted by Crippen LogP contribution is 2.31. The number of hydrogen-bond donors (Lipinski definition) is 1. The van der Waals surface area contributed by atoms with Gasteiger partial charge in [0, 0.05) is 18.7 Å². The van der Waals surface area contributed by atoms with Gasteiger partial charge in [-0.3, -0.25) is 14.9 Å². The Balaban J connectivity index is 2.45. The third kappa shape index (κ3) is 2.35. The van der Waals surface area contributed by atoms with E-state index in [9.17, 15) is 14.9 Å². The highest BCUT2D eigenvalue weighted by molar-refractivity contribution is 5.98. The van der Waals surface area contributed by atoms with E-state index in [2.05, 4.69) is 11.9 Å². The number of carbonyl (C=O) groups is 1. The standard InChI is InChI=1S/C12H16N4O3/c1-7-3-4-15(8(7)2)12-10(11(13)17)5-9(6-14-12)16(18)19/h5-8H,3-4H2,1-2H3,(H2,13,17). The molecule has 1 aromatic rings. The Bertz CT molecular complexity index is 532. The van der Waals surface area contributed by atoms with Crippen LogP contribution in [0.25, 0.3) is 0 Å². The fraction of sp³-hybridized carbons (Fsp3) is 0.500. The summed E-state index contributed by atoms with van der Waals surface area (Å²) in [4.78, 5) is 27.7. The molecule has 1 aliphatic heterocycles. The Morgan fingerprint density at radius 2 is 2.26 bits per heavy atom. The average Bonchev–Trinajstić information content (AvgIpc) is 2.69. The molecule has 1 aliphatic rings. The second-order valence-electron chi connectivity index (χ2n) is 4.89. The molecule has 0 radical (unpaired) electrons. The number of carbonyl (C=O) groups excluding carboxylic acids is 1. The van der Waals surface area contributed by atoms with Crippen LogP contribution in [0.5, 0.6) is 0 Å². The van der Waals surface area contributed by atoms with Crippen molar-refractivity contribution in [3.63, 3.8) is 0 Å². The van der Waals surface area contributed by atoms with Gasteiger partial charge in [-0.05, 0) is 19.3 Å². The summed E-state index contributed by atoms with van der Waals surface area (Å²) in [6.07, 6.45) is 2.16. The van der Waals surface area contributed by atoms with Crippen LogP contribution in [-0.4, -0.2) is 28.4 Å². The summed E-state index contributed by atoms with van der Waals surface area (Å²) in [6.45, 7) is 4.94. The van der Waals surface area contributed by atoms with Gasteiger partial charge in [-0.25, -0.2) is 4.98 Å². The molecule has 2 heterocycles. The van der Waals surface area contributed by atoms with Gasteiger partial charge in [0.2, 0.25) is 0 Å². The third-order valence-electron chi connectivity index (χ3n) is 3.74. The lowest BCUT2D eigenvalue weighted by Crippen LogP contribution is -2.32. The van der Waals surface area contributed by atoms with E-state index in [1.807, 2.05) is 11.8 Å². The van der Waals surface area contributed by atoms with E-state index < -0.39 is 10.8 Å². The summed E-state index contributed by atoms with van der Waals surface area (Å²) in [5.41, 5.74) is 5.19. The number of rotatable bonds is 3. The number of nitrogens with two attached hydrogens (primary N) is 1. The van der Waals surface area contributed by atoms with Crippen LogP contribution in [0.1, 0.15) is 30.6 Å². The summed E-state index contributed by atoms with van der Waals surface area (Å²) in [5.74, 6) is 0.227. The van der Waals surface area contributed by atoms with Gasteiger partial charge in [0.15, 0.2) is 0 Å². The molecule has 2 unspecified atom stereocenters. The average molecular weight is 264 g/mol. The SMILES string of the molecule is CC1CCN(c2ncc([N+](=O)[O-])cc2C(N)=O)C1C. The summed E-state index contributed by atoms with van der Waals surface area (Å²) in [7, 11) is 0. The lowest BCUT2D eigenvalue weighted by atomic mass is 10.1. The van der Waals surface area contributed by atoms with Gasteiger partial charge in [0.25, 0.3) is 11.6 Å². The van der Waals surface area contributed by atoms with E-state index in [4.69, 9.17) is 5.73 Å². The Hall–Kier alpha value is -2.18. The number of hydrogen-bond acceptors (Lipinski definition) is 5. The molecule has 0 aliphatic carbocycles. The van der Waals surface area contributed by atoms with E-state index >= 15 is 0 Å². The van der Waals surface area contributed by atoms with Crippen molar-refractivity contribution in [2.75, 3.05) is 11.4 Å².